The van der Waals surface area contributed by atoms with Gasteiger partial charge in [-0.3, -0.25) is 14.9 Å². The molecule has 1 aromatic rings. The molecule has 1 aliphatic carbocycles. The first-order chi connectivity index (χ1) is 13.6. The monoisotopic (exact) mass is 392 g/mol. The molecular weight excluding hydrogens is 364 g/mol. The summed E-state index contributed by atoms with van der Waals surface area (Å²) in [5.41, 5.74) is 0. The second-order valence-electron chi connectivity index (χ2n) is 6.50. The molecule has 2 rings (SSSR count). The van der Waals surface area contributed by atoms with Crippen LogP contribution >= 0.6 is 0 Å². The standard InChI is InChI=1S/C20H28N2O6/c1-2-26-16-10-6-7-11-17(16)27-13-12-19(24)28-14-18(23)22-20(25)21-15-8-4-3-5-9-15/h6-7,10-11,15H,2-5,8-9,12-14H2,1H3,(H2,21,22,23,25). The average molecular weight is 392 g/mol. The fraction of sp³-hybridized carbons (Fsp3) is 0.550. The molecule has 28 heavy (non-hydrogen) atoms. The maximum Gasteiger partial charge on any atom is 0.321 e. The van der Waals surface area contributed by atoms with E-state index >= 15 is 0 Å². The van der Waals surface area contributed by atoms with Crippen molar-refractivity contribution in [3.05, 3.63) is 24.3 Å². The van der Waals surface area contributed by atoms with E-state index in [1.54, 1.807) is 18.2 Å². The molecule has 8 heteroatoms. The maximum atomic E-state index is 11.8. The SMILES string of the molecule is CCOc1ccccc1OCCC(=O)OCC(=O)NC(=O)NC1CCCCC1. The molecule has 1 aromatic carbocycles. The Morgan fingerprint density at radius 2 is 1.71 bits per heavy atom. The summed E-state index contributed by atoms with van der Waals surface area (Å²) in [7, 11) is 0. The Morgan fingerprint density at radius 1 is 1.04 bits per heavy atom. The van der Waals surface area contributed by atoms with E-state index in [0.29, 0.717) is 18.1 Å². The average Bonchev–Trinajstić information content (AvgIpc) is 2.68. The number of carbonyl (C=O) groups excluding carboxylic acids is 3. The van der Waals surface area contributed by atoms with Crippen molar-refractivity contribution in [1.82, 2.24) is 10.6 Å². The van der Waals surface area contributed by atoms with Gasteiger partial charge in [-0.15, -0.1) is 0 Å². The molecule has 1 saturated carbocycles. The Balaban J connectivity index is 1.61. The van der Waals surface area contributed by atoms with E-state index in [9.17, 15) is 14.4 Å². The fourth-order valence-electron chi connectivity index (χ4n) is 2.94. The molecule has 0 saturated heterocycles. The summed E-state index contributed by atoms with van der Waals surface area (Å²) in [6.45, 7) is 1.96. The number of benzene rings is 1. The van der Waals surface area contributed by atoms with Crippen molar-refractivity contribution in [2.24, 2.45) is 0 Å². The van der Waals surface area contributed by atoms with Gasteiger partial charge in [0.1, 0.15) is 0 Å². The summed E-state index contributed by atoms with van der Waals surface area (Å²) in [4.78, 5) is 35.2. The van der Waals surface area contributed by atoms with Crippen LogP contribution in [0, 0.1) is 0 Å². The van der Waals surface area contributed by atoms with Crippen LogP contribution in [0.4, 0.5) is 4.79 Å². The minimum atomic E-state index is -0.663. The summed E-state index contributed by atoms with van der Waals surface area (Å²) in [6.07, 6.45) is 5.14. The van der Waals surface area contributed by atoms with Crippen LogP contribution in [-0.4, -0.2) is 43.8 Å². The smallest absolute Gasteiger partial charge is 0.321 e. The molecule has 0 bridgehead atoms. The largest absolute Gasteiger partial charge is 0.490 e. The zero-order valence-electron chi connectivity index (χ0n) is 16.2. The highest BCUT2D eigenvalue weighted by molar-refractivity contribution is 5.95. The molecule has 0 spiro atoms. The number of carbonyl (C=O) groups is 3. The van der Waals surface area contributed by atoms with Crippen LogP contribution in [0.5, 0.6) is 11.5 Å². The summed E-state index contributed by atoms with van der Waals surface area (Å²) < 4.78 is 15.8. The number of nitrogens with one attached hydrogen (secondary N) is 2. The van der Waals surface area contributed by atoms with Gasteiger partial charge >= 0.3 is 12.0 Å². The molecule has 8 nitrogen and oxygen atoms in total. The summed E-state index contributed by atoms with van der Waals surface area (Å²) in [5, 5.41) is 4.93. The van der Waals surface area contributed by atoms with Crippen molar-refractivity contribution < 1.29 is 28.6 Å². The third-order valence-corrected chi connectivity index (χ3v) is 4.27. The van der Waals surface area contributed by atoms with E-state index in [-0.39, 0.29) is 19.1 Å². The van der Waals surface area contributed by atoms with E-state index in [1.807, 2.05) is 13.0 Å². The van der Waals surface area contributed by atoms with Crippen LogP contribution in [0.25, 0.3) is 0 Å². The lowest BCUT2D eigenvalue weighted by Gasteiger charge is -2.22. The number of ether oxygens (including phenoxy) is 3. The lowest BCUT2D eigenvalue weighted by molar-refractivity contribution is -0.148. The quantitative estimate of drug-likeness (QED) is 0.626. The molecule has 3 amide bonds. The molecule has 0 aliphatic heterocycles. The number of rotatable bonds is 9. The van der Waals surface area contributed by atoms with Gasteiger partial charge in [0.15, 0.2) is 18.1 Å². The third-order valence-electron chi connectivity index (χ3n) is 4.27. The molecule has 0 radical (unpaired) electrons. The topological polar surface area (TPSA) is 103 Å². The normalized spacial score (nSPS) is 14.0. The minimum absolute atomic E-state index is 0.0258. The number of esters is 1. The van der Waals surface area contributed by atoms with Gasteiger partial charge < -0.3 is 19.5 Å². The lowest BCUT2D eigenvalue weighted by Crippen LogP contribution is -2.46. The Labute approximate surface area is 164 Å². The van der Waals surface area contributed by atoms with Gasteiger partial charge in [0.2, 0.25) is 0 Å². The van der Waals surface area contributed by atoms with E-state index in [1.165, 1.54) is 6.42 Å². The second-order valence-corrected chi connectivity index (χ2v) is 6.50. The van der Waals surface area contributed by atoms with Gasteiger partial charge in [-0.05, 0) is 31.9 Å². The van der Waals surface area contributed by atoms with E-state index in [2.05, 4.69) is 10.6 Å². The van der Waals surface area contributed by atoms with Gasteiger partial charge in [0.05, 0.1) is 19.6 Å². The number of para-hydroxylation sites is 2. The highest BCUT2D eigenvalue weighted by Gasteiger charge is 2.17. The predicted molar refractivity (Wildman–Crippen MR) is 102 cm³/mol. The number of hydrogen-bond donors (Lipinski definition) is 2. The Hall–Kier alpha value is -2.77. The summed E-state index contributed by atoms with van der Waals surface area (Å²) >= 11 is 0. The summed E-state index contributed by atoms with van der Waals surface area (Å²) in [5.74, 6) is -0.114. The highest BCUT2D eigenvalue weighted by atomic mass is 16.5. The molecule has 0 heterocycles. The Kier molecular flexibility index (Phi) is 9.10. The predicted octanol–water partition coefficient (Wildman–Crippen LogP) is 2.56. The van der Waals surface area contributed by atoms with Crippen LogP contribution in [0.3, 0.4) is 0 Å². The van der Waals surface area contributed by atoms with Crippen LogP contribution in [0.2, 0.25) is 0 Å². The van der Waals surface area contributed by atoms with Gasteiger partial charge in [-0.2, -0.15) is 0 Å². The van der Waals surface area contributed by atoms with Crippen LogP contribution in [0.1, 0.15) is 45.4 Å². The summed E-state index contributed by atoms with van der Waals surface area (Å²) in [6, 6.07) is 6.70. The zero-order valence-corrected chi connectivity index (χ0v) is 16.2. The Morgan fingerprint density at radius 3 is 2.39 bits per heavy atom. The zero-order chi connectivity index (χ0) is 20.2. The third kappa shape index (κ3) is 7.85. The number of urea groups is 1. The van der Waals surface area contributed by atoms with Crippen molar-refractivity contribution in [1.29, 1.82) is 0 Å². The minimum Gasteiger partial charge on any atom is -0.490 e. The van der Waals surface area contributed by atoms with E-state index in [0.717, 1.165) is 25.7 Å². The van der Waals surface area contributed by atoms with E-state index < -0.39 is 24.5 Å². The van der Waals surface area contributed by atoms with Crippen molar-refractivity contribution in [3.8, 4) is 11.5 Å². The fourth-order valence-corrected chi connectivity index (χ4v) is 2.94. The first-order valence-corrected chi connectivity index (χ1v) is 9.69. The van der Waals surface area contributed by atoms with Gasteiger partial charge in [0.25, 0.3) is 5.91 Å². The first-order valence-electron chi connectivity index (χ1n) is 9.69. The second kappa shape index (κ2) is 11.8. The number of amides is 3. The molecule has 2 N–H and O–H groups in total. The molecule has 0 unspecified atom stereocenters. The van der Waals surface area contributed by atoms with Crippen LogP contribution in [0.15, 0.2) is 24.3 Å². The molecule has 0 aromatic heterocycles. The number of hydrogen-bond acceptors (Lipinski definition) is 6. The molecular formula is C20H28N2O6. The molecule has 1 fully saturated rings. The van der Waals surface area contributed by atoms with Gasteiger partial charge in [-0.1, -0.05) is 31.4 Å². The Bertz CT molecular complexity index is 658. The lowest BCUT2D eigenvalue weighted by atomic mass is 9.96. The first kappa shape index (κ1) is 21.5. The maximum absolute atomic E-state index is 11.8. The van der Waals surface area contributed by atoms with Gasteiger partial charge in [0, 0.05) is 6.04 Å². The molecule has 0 atom stereocenters. The van der Waals surface area contributed by atoms with Crippen LogP contribution in [-0.2, 0) is 14.3 Å². The highest BCUT2D eigenvalue weighted by Crippen LogP contribution is 2.26. The van der Waals surface area contributed by atoms with E-state index in [4.69, 9.17) is 14.2 Å². The van der Waals surface area contributed by atoms with Crippen LogP contribution < -0.4 is 20.1 Å². The van der Waals surface area contributed by atoms with Gasteiger partial charge in [-0.25, -0.2) is 4.79 Å². The van der Waals surface area contributed by atoms with Crippen molar-refractivity contribution in [2.45, 2.75) is 51.5 Å². The molecule has 1 aliphatic rings. The number of imide groups is 1. The molecule has 154 valence electrons. The van der Waals surface area contributed by atoms with Crippen molar-refractivity contribution >= 4 is 17.9 Å². The van der Waals surface area contributed by atoms with Crippen molar-refractivity contribution in [3.63, 3.8) is 0 Å². The van der Waals surface area contributed by atoms with Crippen molar-refractivity contribution in [2.75, 3.05) is 19.8 Å².